The molecule has 0 saturated carbocycles. The molecule has 1 saturated heterocycles. The molecule has 2 N–H and O–H groups in total. The Morgan fingerprint density at radius 3 is 2.86 bits per heavy atom. The molecular weight excluding hydrogens is 282 g/mol. The maximum Gasteiger partial charge on any atom is 0.259 e. The van der Waals surface area contributed by atoms with Gasteiger partial charge in [-0.25, -0.2) is 4.98 Å². The first kappa shape index (κ1) is 12.7. The van der Waals surface area contributed by atoms with E-state index in [1.54, 1.807) is 11.3 Å². The number of aromatic nitrogens is 2. The average Bonchev–Trinajstić information content (AvgIpc) is 3.17. The van der Waals surface area contributed by atoms with Crippen LogP contribution in [0.4, 0.5) is 0 Å². The summed E-state index contributed by atoms with van der Waals surface area (Å²) < 4.78 is 0. The lowest BCUT2D eigenvalue weighted by Crippen LogP contribution is -2.20. The Labute approximate surface area is 125 Å². The van der Waals surface area contributed by atoms with Gasteiger partial charge in [-0.1, -0.05) is 30.3 Å². The van der Waals surface area contributed by atoms with E-state index in [0.717, 1.165) is 40.5 Å². The fourth-order valence-electron chi connectivity index (χ4n) is 2.78. The lowest BCUT2D eigenvalue weighted by atomic mass is 10.2. The van der Waals surface area contributed by atoms with E-state index in [0.29, 0.717) is 5.39 Å². The molecular formula is C16H15N3OS. The quantitative estimate of drug-likeness (QED) is 0.764. The Morgan fingerprint density at radius 1 is 1.24 bits per heavy atom. The fraction of sp³-hybridized carbons (Fsp3) is 0.250. The van der Waals surface area contributed by atoms with Gasteiger partial charge in [-0.3, -0.25) is 4.79 Å². The number of hydrogen-bond donors (Lipinski definition) is 2. The molecule has 0 aliphatic carbocycles. The Hall–Kier alpha value is -1.98. The molecule has 3 aromatic rings. The van der Waals surface area contributed by atoms with Gasteiger partial charge in [0.2, 0.25) is 0 Å². The number of nitrogens with one attached hydrogen (secondary N) is 2. The van der Waals surface area contributed by atoms with Crippen LogP contribution in [0.5, 0.6) is 0 Å². The Kier molecular flexibility index (Phi) is 3.09. The first-order chi connectivity index (χ1) is 10.3. The zero-order chi connectivity index (χ0) is 14.2. The molecule has 1 fully saturated rings. The highest BCUT2D eigenvalue weighted by molar-refractivity contribution is 7.21. The van der Waals surface area contributed by atoms with Gasteiger partial charge in [-0.2, -0.15) is 0 Å². The summed E-state index contributed by atoms with van der Waals surface area (Å²) in [5.74, 6) is 0.770. The summed E-state index contributed by atoms with van der Waals surface area (Å²) in [4.78, 5) is 21.8. The second-order valence-electron chi connectivity index (χ2n) is 5.30. The SMILES string of the molecule is O=c1[nH]c(C2CCCN2)nc2sc(-c3ccccc3)cc12. The zero-order valence-corrected chi connectivity index (χ0v) is 12.2. The van der Waals surface area contributed by atoms with Crippen LogP contribution in [0.25, 0.3) is 20.7 Å². The third-order valence-electron chi connectivity index (χ3n) is 3.87. The van der Waals surface area contributed by atoms with Crippen LogP contribution in [0.1, 0.15) is 24.7 Å². The topological polar surface area (TPSA) is 57.8 Å². The van der Waals surface area contributed by atoms with Crippen molar-refractivity contribution in [2.75, 3.05) is 6.54 Å². The highest BCUT2D eigenvalue weighted by Gasteiger charge is 2.20. The van der Waals surface area contributed by atoms with Crippen LogP contribution in [-0.4, -0.2) is 16.5 Å². The Morgan fingerprint density at radius 2 is 2.10 bits per heavy atom. The van der Waals surface area contributed by atoms with E-state index in [1.165, 1.54) is 0 Å². The van der Waals surface area contributed by atoms with E-state index in [4.69, 9.17) is 0 Å². The lowest BCUT2D eigenvalue weighted by molar-refractivity contribution is 0.606. The van der Waals surface area contributed by atoms with Crippen LogP contribution in [0.3, 0.4) is 0 Å². The van der Waals surface area contributed by atoms with Gasteiger partial charge in [0.1, 0.15) is 10.7 Å². The largest absolute Gasteiger partial charge is 0.309 e. The molecule has 3 heterocycles. The van der Waals surface area contributed by atoms with Crippen molar-refractivity contribution >= 4 is 21.6 Å². The number of rotatable bonds is 2. The van der Waals surface area contributed by atoms with Crippen molar-refractivity contribution in [3.05, 3.63) is 52.6 Å². The van der Waals surface area contributed by atoms with Crippen molar-refractivity contribution in [3.8, 4) is 10.4 Å². The number of aromatic amines is 1. The summed E-state index contributed by atoms with van der Waals surface area (Å²) in [6, 6.07) is 12.2. The molecule has 1 unspecified atom stereocenters. The molecule has 5 heteroatoms. The van der Waals surface area contributed by atoms with Crippen molar-refractivity contribution in [1.82, 2.24) is 15.3 Å². The minimum Gasteiger partial charge on any atom is -0.309 e. The molecule has 0 bridgehead atoms. The van der Waals surface area contributed by atoms with Gasteiger partial charge in [-0.15, -0.1) is 11.3 Å². The van der Waals surface area contributed by atoms with E-state index < -0.39 is 0 Å². The van der Waals surface area contributed by atoms with Crippen LogP contribution in [0, 0.1) is 0 Å². The fourth-order valence-corrected chi connectivity index (χ4v) is 3.82. The monoisotopic (exact) mass is 297 g/mol. The average molecular weight is 297 g/mol. The third kappa shape index (κ3) is 2.28. The highest BCUT2D eigenvalue weighted by Crippen LogP contribution is 2.31. The molecule has 4 nitrogen and oxygen atoms in total. The second-order valence-corrected chi connectivity index (χ2v) is 6.33. The normalized spacial score (nSPS) is 18.4. The Bertz CT molecular complexity index is 832. The first-order valence-electron chi connectivity index (χ1n) is 7.14. The number of nitrogens with zero attached hydrogens (tertiary/aromatic N) is 1. The van der Waals surface area contributed by atoms with E-state index in [-0.39, 0.29) is 11.6 Å². The van der Waals surface area contributed by atoms with Gasteiger partial charge in [0.15, 0.2) is 0 Å². The van der Waals surface area contributed by atoms with Crippen LogP contribution < -0.4 is 10.9 Å². The minimum atomic E-state index is -0.0397. The summed E-state index contributed by atoms with van der Waals surface area (Å²) in [5, 5.41) is 4.06. The van der Waals surface area contributed by atoms with Crippen molar-refractivity contribution in [2.24, 2.45) is 0 Å². The minimum absolute atomic E-state index is 0.0397. The summed E-state index contributed by atoms with van der Waals surface area (Å²) in [7, 11) is 0. The molecule has 21 heavy (non-hydrogen) atoms. The number of H-pyrrole nitrogens is 1. The summed E-state index contributed by atoms with van der Waals surface area (Å²) in [6.07, 6.45) is 2.16. The van der Waals surface area contributed by atoms with Crippen molar-refractivity contribution in [3.63, 3.8) is 0 Å². The molecule has 4 rings (SSSR count). The van der Waals surface area contributed by atoms with Gasteiger partial charge in [0, 0.05) is 4.88 Å². The van der Waals surface area contributed by atoms with Gasteiger partial charge in [0.05, 0.1) is 11.4 Å². The van der Waals surface area contributed by atoms with Gasteiger partial charge in [-0.05, 0) is 31.0 Å². The highest BCUT2D eigenvalue weighted by atomic mass is 32.1. The Balaban J connectivity index is 1.84. The predicted octanol–water partition coefficient (Wildman–Crippen LogP) is 3.08. The molecule has 1 aromatic carbocycles. The molecule has 1 aliphatic rings. The molecule has 1 aliphatic heterocycles. The number of thiophene rings is 1. The third-order valence-corrected chi connectivity index (χ3v) is 4.95. The van der Waals surface area contributed by atoms with Crippen LogP contribution >= 0.6 is 11.3 Å². The van der Waals surface area contributed by atoms with Gasteiger partial charge >= 0.3 is 0 Å². The predicted molar refractivity (Wildman–Crippen MR) is 85.7 cm³/mol. The van der Waals surface area contributed by atoms with Crippen LogP contribution in [0.2, 0.25) is 0 Å². The summed E-state index contributed by atoms with van der Waals surface area (Å²) in [6.45, 7) is 0.992. The number of fused-ring (bicyclic) bond motifs is 1. The molecule has 1 atom stereocenters. The molecule has 106 valence electrons. The van der Waals surface area contributed by atoms with Crippen molar-refractivity contribution in [1.29, 1.82) is 0 Å². The summed E-state index contributed by atoms with van der Waals surface area (Å²) >= 11 is 1.58. The standard InChI is InChI=1S/C16H15N3OS/c20-15-11-9-13(10-5-2-1-3-6-10)21-16(11)19-14(18-15)12-7-4-8-17-12/h1-3,5-6,9,12,17H,4,7-8H2,(H,18,19,20). The lowest BCUT2D eigenvalue weighted by Gasteiger charge is -2.08. The summed E-state index contributed by atoms with van der Waals surface area (Å²) in [5.41, 5.74) is 1.09. The second kappa shape index (κ2) is 5.09. The molecule has 2 aromatic heterocycles. The number of benzene rings is 1. The van der Waals surface area contributed by atoms with E-state index in [9.17, 15) is 4.79 Å². The van der Waals surface area contributed by atoms with Crippen LogP contribution in [0.15, 0.2) is 41.2 Å². The maximum atomic E-state index is 12.3. The van der Waals surface area contributed by atoms with Gasteiger partial charge in [0.25, 0.3) is 5.56 Å². The smallest absolute Gasteiger partial charge is 0.259 e. The molecule has 0 amide bonds. The van der Waals surface area contributed by atoms with Gasteiger partial charge < -0.3 is 10.3 Å². The van der Waals surface area contributed by atoms with E-state index in [2.05, 4.69) is 27.4 Å². The maximum absolute atomic E-state index is 12.3. The zero-order valence-electron chi connectivity index (χ0n) is 11.4. The van der Waals surface area contributed by atoms with E-state index >= 15 is 0 Å². The molecule has 0 spiro atoms. The van der Waals surface area contributed by atoms with Crippen LogP contribution in [-0.2, 0) is 0 Å². The molecule has 0 radical (unpaired) electrons. The van der Waals surface area contributed by atoms with E-state index in [1.807, 2.05) is 24.3 Å². The van der Waals surface area contributed by atoms with Crippen molar-refractivity contribution in [2.45, 2.75) is 18.9 Å². The number of hydrogen-bond acceptors (Lipinski definition) is 4. The first-order valence-corrected chi connectivity index (χ1v) is 7.95. The van der Waals surface area contributed by atoms with Crippen molar-refractivity contribution < 1.29 is 0 Å².